The van der Waals surface area contributed by atoms with Crippen LogP contribution in [0.2, 0.25) is 0 Å². The molecule has 0 bridgehead atoms. The summed E-state index contributed by atoms with van der Waals surface area (Å²) in [5, 5.41) is 13.5. The predicted octanol–water partition coefficient (Wildman–Crippen LogP) is 3.39. The quantitative estimate of drug-likeness (QED) is 0.669. The second kappa shape index (κ2) is 6.34. The van der Waals surface area contributed by atoms with E-state index in [2.05, 4.69) is 26.2 Å². The molecule has 0 aliphatic heterocycles. The zero-order valence-electron chi connectivity index (χ0n) is 11.7. The predicted molar refractivity (Wildman–Crippen MR) is 89.7 cm³/mol. The van der Waals surface area contributed by atoms with Crippen LogP contribution < -0.4 is 5.32 Å². The highest BCUT2D eigenvalue weighted by Gasteiger charge is 2.18. The largest absolute Gasteiger partial charge is 0.394 e. The molecule has 1 aromatic heterocycles. The van der Waals surface area contributed by atoms with Crippen LogP contribution in [0.25, 0.3) is 10.9 Å². The minimum atomic E-state index is -0.456. The Balaban J connectivity index is 1.88. The molecule has 5 heteroatoms. The van der Waals surface area contributed by atoms with Gasteiger partial charge in [-0.3, -0.25) is 4.79 Å². The first-order valence-corrected chi connectivity index (χ1v) is 7.71. The van der Waals surface area contributed by atoms with Crippen LogP contribution in [0.1, 0.15) is 22.0 Å². The summed E-state index contributed by atoms with van der Waals surface area (Å²) in [6, 6.07) is 14.4. The zero-order valence-corrected chi connectivity index (χ0v) is 13.3. The van der Waals surface area contributed by atoms with Crippen molar-refractivity contribution >= 4 is 32.7 Å². The van der Waals surface area contributed by atoms with Crippen molar-refractivity contribution in [2.45, 2.75) is 6.04 Å². The molecule has 3 rings (SSSR count). The van der Waals surface area contributed by atoms with Gasteiger partial charge in [-0.1, -0.05) is 40.2 Å². The molecule has 4 nitrogen and oxygen atoms in total. The van der Waals surface area contributed by atoms with E-state index < -0.39 is 6.04 Å². The lowest BCUT2D eigenvalue weighted by Gasteiger charge is -2.16. The van der Waals surface area contributed by atoms with E-state index in [0.717, 1.165) is 20.9 Å². The standard InChI is InChI=1S/C17H15BrN2O2/c18-12-6-7-13-14(9-19-15(13)8-12)16(10-21)20-17(22)11-4-2-1-3-5-11/h1-9,16,19,21H,10H2,(H,20,22)/t16-/m0/s1. The molecular weight excluding hydrogens is 344 g/mol. The summed E-state index contributed by atoms with van der Waals surface area (Å²) in [5.74, 6) is -0.203. The third kappa shape index (κ3) is 2.91. The van der Waals surface area contributed by atoms with E-state index in [1.807, 2.05) is 42.6 Å². The molecule has 0 aliphatic carbocycles. The average molecular weight is 359 g/mol. The number of rotatable bonds is 4. The highest BCUT2D eigenvalue weighted by Crippen LogP contribution is 2.26. The summed E-state index contributed by atoms with van der Waals surface area (Å²) in [4.78, 5) is 15.4. The normalized spacial score (nSPS) is 12.3. The Morgan fingerprint density at radius 1 is 1.23 bits per heavy atom. The number of benzene rings is 2. The number of carbonyl (C=O) groups is 1. The number of aromatic nitrogens is 1. The van der Waals surface area contributed by atoms with Crippen molar-refractivity contribution in [2.75, 3.05) is 6.61 Å². The summed E-state index contributed by atoms with van der Waals surface area (Å²) in [5.41, 5.74) is 2.40. The second-order valence-corrected chi connectivity index (χ2v) is 5.92. The van der Waals surface area contributed by atoms with E-state index >= 15 is 0 Å². The van der Waals surface area contributed by atoms with Gasteiger partial charge in [0.05, 0.1) is 12.6 Å². The lowest BCUT2D eigenvalue weighted by atomic mass is 10.1. The van der Waals surface area contributed by atoms with Crippen LogP contribution in [0.15, 0.2) is 59.2 Å². The number of carbonyl (C=O) groups excluding carboxylic acids is 1. The van der Waals surface area contributed by atoms with Gasteiger partial charge in [-0.25, -0.2) is 0 Å². The van der Waals surface area contributed by atoms with E-state index in [-0.39, 0.29) is 12.5 Å². The first-order valence-electron chi connectivity index (χ1n) is 6.92. The van der Waals surface area contributed by atoms with Gasteiger partial charge in [0.2, 0.25) is 0 Å². The van der Waals surface area contributed by atoms with Crippen molar-refractivity contribution in [3.05, 3.63) is 70.3 Å². The molecule has 0 fully saturated rings. The van der Waals surface area contributed by atoms with E-state index in [1.54, 1.807) is 12.1 Å². The highest BCUT2D eigenvalue weighted by molar-refractivity contribution is 9.10. The Kier molecular flexibility index (Phi) is 4.27. The Hall–Kier alpha value is -2.11. The van der Waals surface area contributed by atoms with Crippen molar-refractivity contribution in [1.29, 1.82) is 0 Å². The van der Waals surface area contributed by atoms with Crippen molar-refractivity contribution in [1.82, 2.24) is 10.3 Å². The van der Waals surface area contributed by atoms with Crippen LogP contribution in [0.4, 0.5) is 0 Å². The van der Waals surface area contributed by atoms with E-state index in [1.165, 1.54) is 0 Å². The molecule has 0 radical (unpaired) electrons. The fourth-order valence-corrected chi connectivity index (χ4v) is 2.82. The molecule has 22 heavy (non-hydrogen) atoms. The maximum Gasteiger partial charge on any atom is 0.251 e. The summed E-state index contributed by atoms with van der Waals surface area (Å²) in [6.07, 6.45) is 1.82. The van der Waals surface area contributed by atoms with Gasteiger partial charge in [0.25, 0.3) is 5.91 Å². The summed E-state index contributed by atoms with van der Waals surface area (Å²) in [7, 11) is 0. The Morgan fingerprint density at radius 2 is 2.00 bits per heavy atom. The van der Waals surface area contributed by atoms with Crippen LogP contribution in [0, 0.1) is 0 Å². The van der Waals surface area contributed by atoms with E-state index in [9.17, 15) is 9.90 Å². The van der Waals surface area contributed by atoms with Crippen LogP contribution in [0.3, 0.4) is 0 Å². The van der Waals surface area contributed by atoms with Crippen molar-refractivity contribution in [2.24, 2.45) is 0 Å². The first kappa shape index (κ1) is 14.8. The Morgan fingerprint density at radius 3 is 2.73 bits per heavy atom. The fourth-order valence-electron chi connectivity index (χ4n) is 2.46. The number of hydrogen-bond acceptors (Lipinski definition) is 2. The average Bonchev–Trinajstić information content (AvgIpc) is 2.96. The van der Waals surface area contributed by atoms with Gasteiger partial charge in [-0.15, -0.1) is 0 Å². The fraction of sp³-hybridized carbons (Fsp3) is 0.118. The van der Waals surface area contributed by atoms with Gasteiger partial charge in [0.15, 0.2) is 0 Å². The molecule has 2 aromatic carbocycles. The van der Waals surface area contributed by atoms with Gasteiger partial charge >= 0.3 is 0 Å². The van der Waals surface area contributed by atoms with Gasteiger partial charge in [-0.05, 0) is 24.3 Å². The number of amides is 1. The van der Waals surface area contributed by atoms with Crippen molar-refractivity contribution in [3.63, 3.8) is 0 Å². The second-order valence-electron chi connectivity index (χ2n) is 5.01. The SMILES string of the molecule is O=C(N[C@@H](CO)c1c[nH]c2cc(Br)ccc12)c1ccccc1. The summed E-state index contributed by atoms with van der Waals surface area (Å²) in [6.45, 7) is -0.165. The molecule has 0 aliphatic rings. The molecule has 0 unspecified atom stereocenters. The van der Waals surface area contributed by atoms with Gasteiger partial charge in [0, 0.05) is 32.7 Å². The maximum atomic E-state index is 12.3. The molecular formula is C17H15BrN2O2. The van der Waals surface area contributed by atoms with Gasteiger partial charge < -0.3 is 15.4 Å². The number of H-pyrrole nitrogens is 1. The first-order chi connectivity index (χ1) is 10.7. The smallest absolute Gasteiger partial charge is 0.251 e. The minimum Gasteiger partial charge on any atom is -0.394 e. The van der Waals surface area contributed by atoms with E-state index in [4.69, 9.17) is 0 Å². The van der Waals surface area contributed by atoms with Gasteiger partial charge in [-0.2, -0.15) is 0 Å². The lowest BCUT2D eigenvalue weighted by Crippen LogP contribution is -2.30. The number of fused-ring (bicyclic) bond motifs is 1. The topological polar surface area (TPSA) is 65.1 Å². The molecule has 0 saturated carbocycles. The Bertz CT molecular complexity index is 799. The maximum absolute atomic E-state index is 12.3. The molecule has 0 saturated heterocycles. The van der Waals surface area contributed by atoms with Crippen LogP contribution >= 0.6 is 15.9 Å². The van der Waals surface area contributed by atoms with Crippen molar-refractivity contribution < 1.29 is 9.90 Å². The number of aliphatic hydroxyl groups excluding tert-OH is 1. The molecule has 3 N–H and O–H groups in total. The monoisotopic (exact) mass is 358 g/mol. The van der Waals surface area contributed by atoms with Gasteiger partial charge in [0.1, 0.15) is 0 Å². The number of hydrogen-bond donors (Lipinski definition) is 3. The number of halogens is 1. The summed E-state index contributed by atoms with van der Waals surface area (Å²) >= 11 is 3.43. The highest BCUT2D eigenvalue weighted by atomic mass is 79.9. The molecule has 112 valence electrons. The van der Waals surface area contributed by atoms with Crippen LogP contribution in [-0.2, 0) is 0 Å². The van der Waals surface area contributed by atoms with E-state index in [0.29, 0.717) is 5.56 Å². The number of aliphatic hydroxyl groups is 1. The van der Waals surface area contributed by atoms with Crippen LogP contribution in [-0.4, -0.2) is 22.6 Å². The molecule has 1 amide bonds. The third-order valence-electron chi connectivity index (χ3n) is 3.58. The lowest BCUT2D eigenvalue weighted by molar-refractivity contribution is 0.0916. The Labute approximate surface area is 136 Å². The van der Waals surface area contributed by atoms with Crippen molar-refractivity contribution in [3.8, 4) is 0 Å². The molecule has 0 spiro atoms. The molecule has 3 aromatic rings. The molecule has 1 heterocycles. The number of aromatic amines is 1. The van der Waals surface area contributed by atoms with Crippen LogP contribution in [0.5, 0.6) is 0 Å². The third-order valence-corrected chi connectivity index (χ3v) is 4.07. The minimum absolute atomic E-state index is 0.165. The zero-order chi connectivity index (χ0) is 15.5. The molecule has 1 atom stereocenters. The summed E-state index contributed by atoms with van der Waals surface area (Å²) < 4.78 is 0.974. The number of nitrogens with one attached hydrogen (secondary N) is 2.